The van der Waals surface area contributed by atoms with Crippen LogP contribution in [0, 0.1) is 11.8 Å². The van der Waals surface area contributed by atoms with Crippen molar-refractivity contribution in [2.75, 3.05) is 12.3 Å². The van der Waals surface area contributed by atoms with Crippen LogP contribution in [0.15, 0.2) is 4.99 Å². The molecule has 0 aliphatic carbocycles. The van der Waals surface area contributed by atoms with Crippen LogP contribution >= 0.6 is 11.8 Å². The Morgan fingerprint density at radius 2 is 2.07 bits per heavy atom. The topological polar surface area (TPSA) is 24.4 Å². The minimum atomic E-state index is 0.621. The molecular formula is C12H24N2S. The first-order valence-corrected chi connectivity index (χ1v) is 7.09. The molecule has 1 heterocycles. The van der Waals surface area contributed by atoms with E-state index in [1.165, 1.54) is 23.8 Å². The van der Waals surface area contributed by atoms with Crippen LogP contribution in [0.4, 0.5) is 0 Å². The Hall–Kier alpha value is -0.180. The molecule has 3 heteroatoms. The molecule has 1 unspecified atom stereocenters. The number of rotatable bonds is 5. The van der Waals surface area contributed by atoms with Crippen molar-refractivity contribution in [3.05, 3.63) is 0 Å². The summed E-state index contributed by atoms with van der Waals surface area (Å²) in [5, 5.41) is 4.67. The quantitative estimate of drug-likeness (QED) is 0.782. The van der Waals surface area contributed by atoms with Gasteiger partial charge in [0.15, 0.2) is 5.17 Å². The third-order valence-corrected chi connectivity index (χ3v) is 4.21. The third kappa shape index (κ3) is 4.06. The number of nitrogens with one attached hydrogen (secondary N) is 1. The van der Waals surface area contributed by atoms with Crippen LogP contribution in [0.1, 0.15) is 40.5 Å². The van der Waals surface area contributed by atoms with E-state index < -0.39 is 0 Å². The standard InChI is InChI=1S/C12H24N2S/c1-5-10(6-2)7-13-12-14-11(8-15-12)9(3)4/h9-11H,5-8H2,1-4H3,(H,13,14). The zero-order chi connectivity index (χ0) is 11.3. The highest BCUT2D eigenvalue weighted by atomic mass is 32.2. The largest absolute Gasteiger partial charge is 0.361 e. The Balaban J connectivity index is 2.36. The molecule has 1 atom stereocenters. The lowest BCUT2D eigenvalue weighted by Gasteiger charge is -2.13. The molecule has 0 aromatic rings. The first-order chi connectivity index (χ1) is 7.17. The van der Waals surface area contributed by atoms with E-state index >= 15 is 0 Å². The SMILES string of the molecule is CCC(CC)CN=C1NC(C(C)C)CS1. The molecule has 0 bridgehead atoms. The van der Waals surface area contributed by atoms with Gasteiger partial charge in [0.05, 0.1) is 0 Å². The average Bonchev–Trinajstić information content (AvgIpc) is 2.68. The highest BCUT2D eigenvalue weighted by Crippen LogP contribution is 2.19. The Labute approximate surface area is 98.3 Å². The molecule has 1 fully saturated rings. The smallest absolute Gasteiger partial charge is 0.156 e. The van der Waals surface area contributed by atoms with Gasteiger partial charge in [0, 0.05) is 18.3 Å². The number of aliphatic imine (C=N–C) groups is 1. The fourth-order valence-electron chi connectivity index (χ4n) is 1.62. The number of hydrogen-bond donors (Lipinski definition) is 1. The van der Waals surface area contributed by atoms with E-state index in [2.05, 4.69) is 38.0 Å². The average molecular weight is 228 g/mol. The van der Waals surface area contributed by atoms with Gasteiger partial charge in [-0.15, -0.1) is 0 Å². The second-order valence-corrected chi connectivity index (χ2v) is 5.64. The van der Waals surface area contributed by atoms with E-state index in [-0.39, 0.29) is 0 Å². The van der Waals surface area contributed by atoms with Crippen molar-refractivity contribution in [2.45, 2.75) is 46.6 Å². The molecule has 1 saturated heterocycles. The molecule has 1 N–H and O–H groups in total. The summed E-state index contributed by atoms with van der Waals surface area (Å²) in [6, 6.07) is 0.621. The van der Waals surface area contributed by atoms with Gasteiger partial charge >= 0.3 is 0 Å². The predicted octanol–water partition coefficient (Wildman–Crippen LogP) is 3.14. The summed E-state index contributed by atoms with van der Waals surface area (Å²) >= 11 is 1.88. The van der Waals surface area contributed by atoms with Gasteiger partial charge < -0.3 is 5.32 Å². The van der Waals surface area contributed by atoms with Gasteiger partial charge in [-0.2, -0.15) is 0 Å². The van der Waals surface area contributed by atoms with Crippen molar-refractivity contribution in [1.29, 1.82) is 0 Å². The zero-order valence-electron chi connectivity index (χ0n) is 10.4. The fourth-order valence-corrected chi connectivity index (χ4v) is 2.83. The molecule has 0 aromatic heterocycles. The first kappa shape index (κ1) is 12.9. The lowest BCUT2D eigenvalue weighted by atomic mass is 10.0. The number of hydrogen-bond acceptors (Lipinski definition) is 2. The van der Waals surface area contributed by atoms with Crippen molar-refractivity contribution >= 4 is 16.9 Å². The lowest BCUT2D eigenvalue weighted by Crippen LogP contribution is -2.31. The zero-order valence-corrected chi connectivity index (χ0v) is 11.2. The summed E-state index contributed by atoms with van der Waals surface area (Å²) < 4.78 is 0. The maximum Gasteiger partial charge on any atom is 0.156 e. The van der Waals surface area contributed by atoms with E-state index in [1.807, 2.05) is 11.8 Å². The molecule has 0 spiro atoms. The van der Waals surface area contributed by atoms with E-state index in [9.17, 15) is 0 Å². The maximum absolute atomic E-state index is 4.67. The van der Waals surface area contributed by atoms with E-state index in [0.29, 0.717) is 12.0 Å². The minimum absolute atomic E-state index is 0.621. The van der Waals surface area contributed by atoms with Crippen LogP contribution in [0.2, 0.25) is 0 Å². The number of nitrogens with zero attached hydrogens (tertiary/aromatic N) is 1. The van der Waals surface area contributed by atoms with Gasteiger partial charge in [-0.25, -0.2) is 0 Å². The number of amidine groups is 1. The van der Waals surface area contributed by atoms with Crippen molar-refractivity contribution in [2.24, 2.45) is 16.8 Å². The van der Waals surface area contributed by atoms with Gasteiger partial charge in [-0.05, 0) is 11.8 Å². The van der Waals surface area contributed by atoms with Crippen molar-refractivity contribution < 1.29 is 0 Å². The predicted molar refractivity (Wildman–Crippen MR) is 70.6 cm³/mol. The van der Waals surface area contributed by atoms with E-state index in [1.54, 1.807) is 0 Å². The Morgan fingerprint density at radius 1 is 1.40 bits per heavy atom. The third-order valence-electron chi connectivity index (χ3n) is 3.16. The van der Waals surface area contributed by atoms with Gasteiger partial charge in [-0.1, -0.05) is 52.3 Å². The summed E-state index contributed by atoms with van der Waals surface area (Å²) in [4.78, 5) is 4.67. The van der Waals surface area contributed by atoms with Crippen molar-refractivity contribution in [3.8, 4) is 0 Å². The Bertz CT molecular complexity index is 210. The number of thioether (sulfide) groups is 1. The van der Waals surface area contributed by atoms with Crippen LogP contribution in [0.3, 0.4) is 0 Å². The second kappa shape index (κ2) is 6.41. The van der Waals surface area contributed by atoms with Crippen LogP contribution in [-0.4, -0.2) is 23.5 Å². The minimum Gasteiger partial charge on any atom is -0.361 e. The van der Waals surface area contributed by atoms with Crippen LogP contribution < -0.4 is 5.32 Å². The molecule has 88 valence electrons. The Morgan fingerprint density at radius 3 is 2.53 bits per heavy atom. The fraction of sp³-hybridized carbons (Fsp3) is 0.917. The maximum atomic E-state index is 4.67. The highest BCUT2D eigenvalue weighted by Gasteiger charge is 2.22. The normalized spacial score (nSPS) is 24.1. The van der Waals surface area contributed by atoms with Gasteiger partial charge in [-0.3, -0.25) is 4.99 Å². The highest BCUT2D eigenvalue weighted by molar-refractivity contribution is 8.14. The molecular weight excluding hydrogens is 204 g/mol. The molecule has 0 amide bonds. The summed E-state index contributed by atoms with van der Waals surface area (Å²) in [5.41, 5.74) is 0. The summed E-state index contributed by atoms with van der Waals surface area (Å²) in [6.07, 6.45) is 2.48. The molecule has 15 heavy (non-hydrogen) atoms. The molecule has 0 radical (unpaired) electrons. The first-order valence-electron chi connectivity index (χ1n) is 6.11. The molecule has 0 aromatic carbocycles. The molecule has 1 aliphatic heterocycles. The van der Waals surface area contributed by atoms with Crippen LogP contribution in [0.25, 0.3) is 0 Å². The lowest BCUT2D eigenvalue weighted by molar-refractivity contribution is 0.494. The molecule has 1 aliphatic rings. The second-order valence-electron chi connectivity index (χ2n) is 4.63. The van der Waals surface area contributed by atoms with Gasteiger partial charge in [0.1, 0.15) is 0 Å². The van der Waals surface area contributed by atoms with Gasteiger partial charge in [0.25, 0.3) is 0 Å². The molecule has 1 rings (SSSR count). The van der Waals surface area contributed by atoms with Gasteiger partial charge in [0.2, 0.25) is 0 Å². The monoisotopic (exact) mass is 228 g/mol. The summed E-state index contributed by atoms with van der Waals surface area (Å²) in [7, 11) is 0. The van der Waals surface area contributed by atoms with Crippen molar-refractivity contribution in [3.63, 3.8) is 0 Å². The summed E-state index contributed by atoms with van der Waals surface area (Å²) in [5.74, 6) is 2.65. The van der Waals surface area contributed by atoms with Crippen molar-refractivity contribution in [1.82, 2.24) is 5.32 Å². The van der Waals surface area contributed by atoms with Crippen LogP contribution in [0.5, 0.6) is 0 Å². The van der Waals surface area contributed by atoms with E-state index in [0.717, 1.165) is 12.5 Å². The Kier molecular flexibility index (Phi) is 5.51. The molecule has 2 nitrogen and oxygen atoms in total. The summed E-state index contributed by atoms with van der Waals surface area (Å²) in [6.45, 7) is 10.0. The molecule has 0 saturated carbocycles. The van der Waals surface area contributed by atoms with Crippen LogP contribution in [-0.2, 0) is 0 Å². The van der Waals surface area contributed by atoms with E-state index in [4.69, 9.17) is 0 Å².